The van der Waals surface area contributed by atoms with Crippen LogP contribution in [0.25, 0.3) is 0 Å². The van der Waals surface area contributed by atoms with Crippen molar-refractivity contribution in [2.24, 2.45) is 39.4 Å². The summed E-state index contributed by atoms with van der Waals surface area (Å²) in [6.45, 7) is 16.0. The summed E-state index contributed by atoms with van der Waals surface area (Å²) in [4.78, 5) is 51.4. The molecule has 0 spiro atoms. The van der Waals surface area contributed by atoms with E-state index in [0.29, 0.717) is 24.8 Å². The van der Waals surface area contributed by atoms with E-state index in [4.69, 9.17) is 9.47 Å². The van der Waals surface area contributed by atoms with Crippen LogP contribution in [0.1, 0.15) is 87.5 Å². The number of hydrogen-bond donors (Lipinski definition) is 0. The smallest absolute Gasteiger partial charge is 0.334 e. The second-order valence-electron chi connectivity index (χ2n) is 13.9. The summed E-state index contributed by atoms with van der Waals surface area (Å²) in [7, 11) is 0. The molecule has 8 atom stereocenters. The number of Topliss-reactive ketones (excluding diaryl/α,β-unsaturated/α-hetero) is 1. The van der Waals surface area contributed by atoms with Crippen molar-refractivity contribution in [3.05, 3.63) is 34.9 Å². The van der Waals surface area contributed by atoms with E-state index in [1.54, 1.807) is 13.0 Å². The molecule has 0 saturated heterocycles. The molecule has 0 aromatic heterocycles. The summed E-state index contributed by atoms with van der Waals surface area (Å²) in [5, 5.41) is 0. The molecule has 206 valence electrons. The van der Waals surface area contributed by atoms with Crippen molar-refractivity contribution in [2.75, 3.05) is 0 Å². The second-order valence-corrected chi connectivity index (χ2v) is 13.9. The zero-order chi connectivity index (χ0) is 28.0. The van der Waals surface area contributed by atoms with Crippen LogP contribution < -0.4 is 0 Å². The fourth-order valence-corrected chi connectivity index (χ4v) is 9.49. The van der Waals surface area contributed by atoms with Gasteiger partial charge in [-0.2, -0.15) is 0 Å². The van der Waals surface area contributed by atoms with Gasteiger partial charge in [0.25, 0.3) is 0 Å². The molecule has 0 unspecified atom stereocenters. The highest BCUT2D eigenvalue weighted by atomic mass is 16.5. The Balaban J connectivity index is 1.59. The van der Waals surface area contributed by atoms with Gasteiger partial charge in [-0.1, -0.05) is 53.2 Å². The Morgan fingerprint density at radius 2 is 1.84 bits per heavy atom. The van der Waals surface area contributed by atoms with Gasteiger partial charge in [-0.3, -0.25) is 14.4 Å². The molecule has 0 amide bonds. The molecule has 0 aromatic carbocycles. The van der Waals surface area contributed by atoms with Gasteiger partial charge in [-0.15, -0.1) is 0 Å². The van der Waals surface area contributed by atoms with Crippen LogP contribution in [-0.4, -0.2) is 35.7 Å². The van der Waals surface area contributed by atoms with Crippen LogP contribution >= 0.6 is 0 Å². The van der Waals surface area contributed by atoms with Gasteiger partial charge in [0.1, 0.15) is 12.2 Å². The molecule has 1 heterocycles. The summed E-state index contributed by atoms with van der Waals surface area (Å²) >= 11 is 0. The second kappa shape index (κ2) is 8.50. The molecule has 38 heavy (non-hydrogen) atoms. The molecule has 0 N–H and O–H groups in total. The molecule has 1 fully saturated rings. The quantitative estimate of drug-likeness (QED) is 0.440. The van der Waals surface area contributed by atoms with E-state index in [9.17, 15) is 19.2 Å². The van der Waals surface area contributed by atoms with Gasteiger partial charge in [-0.05, 0) is 67.4 Å². The van der Waals surface area contributed by atoms with Gasteiger partial charge in [0, 0.05) is 41.2 Å². The molecule has 0 aromatic rings. The Bertz CT molecular complexity index is 1220. The van der Waals surface area contributed by atoms with E-state index < -0.39 is 16.2 Å². The first-order chi connectivity index (χ1) is 17.6. The van der Waals surface area contributed by atoms with E-state index >= 15 is 0 Å². The maximum absolute atomic E-state index is 14.2. The average molecular weight is 523 g/mol. The SMILES string of the molecule is CC(=O)O[C@H]1C[C@@]2(C)C3=C(C(=O)C[C@]2(C)[C@H]1[C@H](C)C[C@H]1C=C(C)C(=O)O1)[C@@]1(C)C=CC(=O)C(C)(C)[C@@H]1CC3. The summed E-state index contributed by atoms with van der Waals surface area (Å²) in [6, 6.07) is 0. The minimum atomic E-state index is -0.526. The zero-order valence-electron chi connectivity index (χ0n) is 24.1. The van der Waals surface area contributed by atoms with Crippen LogP contribution in [0.5, 0.6) is 0 Å². The van der Waals surface area contributed by atoms with Crippen molar-refractivity contribution in [2.45, 2.75) is 99.7 Å². The Labute approximate surface area is 226 Å². The molecule has 1 saturated carbocycles. The maximum Gasteiger partial charge on any atom is 0.334 e. The fraction of sp³-hybridized carbons (Fsp3) is 0.688. The lowest BCUT2D eigenvalue weighted by molar-refractivity contribution is -0.150. The third kappa shape index (κ3) is 3.57. The molecule has 0 radical (unpaired) electrons. The van der Waals surface area contributed by atoms with Gasteiger partial charge in [-0.25, -0.2) is 4.79 Å². The van der Waals surface area contributed by atoms with Gasteiger partial charge in [0.05, 0.1) is 0 Å². The standard InChI is InChI=1S/C32H42O6/c1-17(13-20-14-18(2)28(36)38-20)26-23(37-19(3)33)16-31(7)21-9-10-24-29(4,5)25(35)11-12-30(24,6)27(21)22(34)15-32(26,31)8/h11-12,14,17,20,23-24,26H,9-10,13,15-16H2,1-8H3/t17-,20+,23+,24+,26+,30+,31+,32-/m1/s1. The van der Waals surface area contributed by atoms with Gasteiger partial charge >= 0.3 is 11.9 Å². The van der Waals surface area contributed by atoms with Crippen LogP contribution in [0, 0.1) is 39.4 Å². The van der Waals surface area contributed by atoms with Crippen LogP contribution in [0.15, 0.2) is 34.9 Å². The average Bonchev–Trinajstić information content (AvgIpc) is 3.22. The van der Waals surface area contributed by atoms with Crippen molar-refractivity contribution in [1.29, 1.82) is 0 Å². The third-order valence-electron chi connectivity index (χ3n) is 11.4. The minimum Gasteiger partial charge on any atom is -0.462 e. The first-order valence-electron chi connectivity index (χ1n) is 14.1. The number of carbonyl (C=O) groups is 4. The largest absolute Gasteiger partial charge is 0.462 e. The van der Waals surface area contributed by atoms with Crippen LogP contribution in [0.4, 0.5) is 0 Å². The molecule has 0 bridgehead atoms. The monoisotopic (exact) mass is 522 g/mol. The molecule has 6 heteroatoms. The van der Waals surface area contributed by atoms with Crippen molar-refractivity contribution in [3.8, 4) is 0 Å². The van der Waals surface area contributed by atoms with Gasteiger partial charge in [0.2, 0.25) is 0 Å². The highest BCUT2D eigenvalue weighted by molar-refractivity contribution is 6.02. The van der Waals surface area contributed by atoms with E-state index in [-0.39, 0.29) is 58.9 Å². The number of carbonyl (C=O) groups excluding carboxylic acids is 4. The normalized spacial score (nSPS) is 42.2. The number of allylic oxidation sites excluding steroid dienone is 4. The fourth-order valence-electron chi connectivity index (χ4n) is 9.49. The summed E-state index contributed by atoms with van der Waals surface area (Å²) in [5.74, 6) is -0.248. The predicted molar refractivity (Wildman–Crippen MR) is 143 cm³/mol. The van der Waals surface area contributed by atoms with Crippen LogP contribution in [0.3, 0.4) is 0 Å². The first-order valence-corrected chi connectivity index (χ1v) is 14.1. The molecule has 4 aliphatic carbocycles. The number of ketones is 2. The Hall–Kier alpha value is -2.50. The highest BCUT2D eigenvalue weighted by Crippen LogP contribution is 2.71. The Kier molecular flexibility index (Phi) is 6.06. The Morgan fingerprint density at radius 1 is 1.16 bits per heavy atom. The van der Waals surface area contributed by atoms with Crippen molar-refractivity contribution in [3.63, 3.8) is 0 Å². The van der Waals surface area contributed by atoms with E-state index in [1.807, 2.05) is 26.0 Å². The number of fused-ring (bicyclic) bond motifs is 4. The van der Waals surface area contributed by atoms with Crippen LogP contribution in [-0.2, 0) is 28.7 Å². The predicted octanol–water partition coefficient (Wildman–Crippen LogP) is 5.70. The van der Waals surface area contributed by atoms with Crippen molar-refractivity contribution < 1.29 is 28.7 Å². The molecule has 1 aliphatic heterocycles. The van der Waals surface area contributed by atoms with Crippen LogP contribution in [0.2, 0.25) is 0 Å². The highest BCUT2D eigenvalue weighted by Gasteiger charge is 2.68. The van der Waals surface area contributed by atoms with Crippen molar-refractivity contribution in [1.82, 2.24) is 0 Å². The number of rotatable bonds is 4. The zero-order valence-corrected chi connectivity index (χ0v) is 24.1. The lowest BCUT2D eigenvalue weighted by Crippen LogP contribution is -2.54. The van der Waals surface area contributed by atoms with Gasteiger partial charge in [0.15, 0.2) is 11.6 Å². The number of cyclic esters (lactones) is 1. The number of ether oxygens (including phenoxy) is 2. The summed E-state index contributed by atoms with van der Waals surface area (Å²) in [6.07, 6.45) is 8.20. The summed E-state index contributed by atoms with van der Waals surface area (Å²) < 4.78 is 11.6. The van der Waals surface area contributed by atoms with E-state index in [1.165, 1.54) is 12.5 Å². The number of hydrogen-bond acceptors (Lipinski definition) is 6. The lowest BCUT2D eigenvalue weighted by Gasteiger charge is -2.58. The Morgan fingerprint density at radius 3 is 2.45 bits per heavy atom. The molecular weight excluding hydrogens is 480 g/mol. The minimum absolute atomic E-state index is 0.0548. The summed E-state index contributed by atoms with van der Waals surface area (Å²) in [5.41, 5.74) is 0.936. The number of esters is 2. The topological polar surface area (TPSA) is 86.7 Å². The first kappa shape index (κ1) is 27.1. The molecule has 6 nitrogen and oxygen atoms in total. The third-order valence-corrected chi connectivity index (χ3v) is 11.4. The van der Waals surface area contributed by atoms with E-state index in [0.717, 1.165) is 18.4 Å². The van der Waals surface area contributed by atoms with Crippen molar-refractivity contribution >= 4 is 23.5 Å². The molecular formula is C32H42O6. The maximum atomic E-state index is 14.2. The molecule has 5 aliphatic rings. The van der Waals surface area contributed by atoms with Gasteiger partial charge < -0.3 is 9.47 Å². The molecule has 5 rings (SSSR count). The lowest BCUT2D eigenvalue weighted by atomic mass is 9.44. The van der Waals surface area contributed by atoms with E-state index in [2.05, 4.69) is 27.7 Å².